The Morgan fingerprint density at radius 1 is 0.606 bits per heavy atom. The summed E-state index contributed by atoms with van der Waals surface area (Å²) < 4.78 is 0. The van der Waals surface area contributed by atoms with Crippen molar-refractivity contribution in [2.75, 3.05) is 19.6 Å². The van der Waals surface area contributed by atoms with Crippen LogP contribution in [0, 0.1) is 29.6 Å². The van der Waals surface area contributed by atoms with Crippen LogP contribution >= 0.6 is 0 Å². The van der Waals surface area contributed by atoms with E-state index in [9.17, 15) is 0 Å². The van der Waals surface area contributed by atoms with Gasteiger partial charge in [0.2, 0.25) is 6.85 Å². The lowest BCUT2D eigenvalue weighted by Gasteiger charge is -2.66. The predicted molar refractivity (Wildman–Crippen MR) is 133 cm³/mol. The van der Waals surface area contributed by atoms with E-state index in [-0.39, 0.29) is 0 Å². The molecular formula is C28H45BN4. The van der Waals surface area contributed by atoms with E-state index in [1.54, 1.807) is 19.3 Å². The van der Waals surface area contributed by atoms with Crippen molar-refractivity contribution < 1.29 is 0 Å². The molecule has 180 valence electrons. The highest BCUT2D eigenvalue weighted by molar-refractivity contribution is 6.60. The highest BCUT2D eigenvalue weighted by Gasteiger charge is 2.71. The molecule has 5 heteroatoms. The molecule has 0 aromatic rings. The Bertz CT molecular complexity index is 807. The second kappa shape index (κ2) is 7.23. The van der Waals surface area contributed by atoms with Crippen molar-refractivity contribution in [1.29, 1.82) is 0 Å². The molecule has 3 saturated carbocycles. The summed E-state index contributed by atoms with van der Waals surface area (Å²) in [6.07, 6.45) is 18.2. The van der Waals surface area contributed by atoms with E-state index < -0.39 is 0 Å². The van der Waals surface area contributed by atoms with Crippen LogP contribution in [0.15, 0.2) is 0 Å². The van der Waals surface area contributed by atoms with Gasteiger partial charge in [-0.05, 0) is 99.3 Å². The molecule has 13 unspecified atom stereocenters. The standard InChI is InChI=1S/C28H45BN4/c1-4-11-23-16(6-1)17-8-5-9-18-20-14-30-15-24-25(20)29(33(23)27(17)18)21-12-13-31-26-19-7-2-3-10-22(19)32(24)28(21)26/h16-28,30-31H,1-15H2. The van der Waals surface area contributed by atoms with E-state index in [4.69, 9.17) is 0 Å². The zero-order chi connectivity index (χ0) is 21.3. The minimum absolute atomic E-state index is 0.806. The van der Waals surface area contributed by atoms with Gasteiger partial charge in [-0.2, -0.15) is 0 Å². The minimum atomic E-state index is 0.806. The maximum atomic E-state index is 4.15. The molecule has 0 aromatic heterocycles. The minimum Gasteiger partial charge on any atom is -0.335 e. The molecule has 4 nitrogen and oxygen atoms in total. The second-order valence-corrected chi connectivity index (χ2v) is 14.1. The maximum Gasteiger partial charge on any atom is 0.233 e. The Labute approximate surface area is 201 Å². The monoisotopic (exact) mass is 448 g/mol. The van der Waals surface area contributed by atoms with Crippen LogP contribution < -0.4 is 10.6 Å². The second-order valence-electron chi connectivity index (χ2n) is 14.1. The van der Waals surface area contributed by atoms with Crippen molar-refractivity contribution in [3.63, 3.8) is 0 Å². The third-order valence-corrected chi connectivity index (χ3v) is 13.4. The fourth-order valence-electron chi connectivity index (χ4n) is 12.9. The molecule has 0 aromatic carbocycles. The van der Waals surface area contributed by atoms with Gasteiger partial charge in [0, 0.05) is 42.8 Å². The van der Waals surface area contributed by atoms with E-state index in [2.05, 4.69) is 20.3 Å². The van der Waals surface area contributed by atoms with Crippen LogP contribution in [0.5, 0.6) is 0 Å². The molecule has 6 heterocycles. The van der Waals surface area contributed by atoms with Crippen LogP contribution in [0.2, 0.25) is 11.6 Å². The van der Waals surface area contributed by atoms with Gasteiger partial charge in [-0.15, -0.1) is 0 Å². The summed E-state index contributed by atoms with van der Waals surface area (Å²) in [7, 11) is 0. The zero-order valence-electron chi connectivity index (χ0n) is 20.6. The summed E-state index contributed by atoms with van der Waals surface area (Å²) in [5, 5.41) is 8.23. The van der Waals surface area contributed by atoms with Crippen LogP contribution in [-0.4, -0.2) is 72.4 Å². The van der Waals surface area contributed by atoms with Crippen molar-refractivity contribution in [2.24, 2.45) is 29.6 Å². The lowest BCUT2D eigenvalue weighted by molar-refractivity contribution is -0.0119. The first-order chi connectivity index (χ1) is 16.4. The Kier molecular flexibility index (Phi) is 4.39. The molecule has 9 rings (SSSR count). The molecule has 2 N–H and O–H groups in total. The van der Waals surface area contributed by atoms with Crippen LogP contribution in [0.25, 0.3) is 0 Å². The van der Waals surface area contributed by atoms with Crippen molar-refractivity contribution in [2.45, 2.75) is 125 Å². The molecule has 0 amide bonds. The van der Waals surface area contributed by atoms with Gasteiger partial charge in [0.25, 0.3) is 0 Å². The largest absolute Gasteiger partial charge is 0.335 e. The highest BCUT2D eigenvalue weighted by atomic mass is 15.3. The SMILES string of the molecule is C1CCC2C(C1)C1CCCC3C4CNCC5C4B(C4CCNC6C7CCCCC7N5C46)N2C31. The summed E-state index contributed by atoms with van der Waals surface area (Å²) in [5.74, 6) is 6.94. The van der Waals surface area contributed by atoms with E-state index in [1.165, 1.54) is 77.4 Å². The summed E-state index contributed by atoms with van der Waals surface area (Å²) in [6.45, 7) is 4.86. The highest BCUT2D eigenvalue weighted by Crippen LogP contribution is 2.65. The van der Waals surface area contributed by atoms with Gasteiger partial charge in [0.05, 0.1) is 0 Å². The molecule has 6 aliphatic heterocycles. The molecule has 0 radical (unpaired) electrons. The van der Waals surface area contributed by atoms with Crippen molar-refractivity contribution in [3.05, 3.63) is 0 Å². The topological polar surface area (TPSA) is 30.5 Å². The van der Waals surface area contributed by atoms with E-state index >= 15 is 0 Å². The smallest absolute Gasteiger partial charge is 0.233 e. The summed E-state index contributed by atoms with van der Waals surface area (Å²) in [4.78, 5) is 6.62. The number of hydrogen-bond acceptors (Lipinski definition) is 4. The molecule has 9 fully saturated rings. The average Bonchev–Trinajstić information content (AvgIpc) is 3.39. The maximum absolute atomic E-state index is 4.15. The first-order valence-electron chi connectivity index (χ1n) is 15.4. The van der Waals surface area contributed by atoms with Gasteiger partial charge in [0.15, 0.2) is 0 Å². The van der Waals surface area contributed by atoms with E-state index in [1.807, 2.05) is 0 Å². The number of fused-ring (bicyclic) bond motifs is 10. The van der Waals surface area contributed by atoms with E-state index in [0.717, 1.165) is 84.3 Å². The first kappa shape index (κ1) is 20.0. The number of hydrogen-bond donors (Lipinski definition) is 2. The Hall–Kier alpha value is -0.0951. The van der Waals surface area contributed by atoms with Crippen LogP contribution in [-0.2, 0) is 0 Å². The Balaban J connectivity index is 1.20. The van der Waals surface area contributed by atoms with Gasteiger partial charge in [-0.3, -0.25) is 4.90 Å². The van der Waals surface area contributed by atoms with Crippen molar-refractivity contribution in [1.82, 2.24) is 20.3 Å². The van der Waals surface area contributed by atoms with E-state index in [0.29, 0.717) is 0 Å². The normalized spacial score (nSPS) is 59.3. The molecule has 0 bridgehead atoms. The van der Waals surface area contributed by atoms with Crippen LogP contribution in [0.1, 0.15) is 77.0 Å². The molecule has 3 aliphatic carbocycles. The Morgan fingerprint density at radius 2 is 1.36 bits per heavy atom. The van der Waals surface area contributed by atoms with Crippen molar-refractivity contribution >= 4 is 6.85 Å². The van der Waals surface area contributed by atoms with Crippen LogP contribution in [0.4, 0.5) is 0 Å². The summed E-state index contributed by atoms with van der Waals surface area (Å²) >= 11 is 0. The average molecular weight is 449 g/mol. The Morgan fingerprint density at radius 3 is 2.27 bits per heavy atom. The first-order valence-corrected chi connectivity index (χ1v) is 15.4. The lowest BCUT2D eigenvalue weighted by atomic mass is 9.29. The molecule has 33 heavy (non-hydrogen) atoms. The van der Waals surface area contributed by atoms with Gasteiger partial charge >= 0.3 is 0 Å². The molecule has 9 aliphatic rings. The molecule has 6 saturated heterocycles. The number of piperidine rings is 2. The quantitative estimate of drug-likeness (QED) is 0.555. The summed E-state index contributed by atoms with van der Waals surface area (Å²) in [6, 6.07) is 5.29. The number of nitrogens with one attached hydrogen (secondary N) is 2. The molecule has 13 atom stereocenters. The van der Waals surface area contributed by atoms with Crippen molar-refractivity contribution in [3.8, 4) is 0 Å². The third kappa shape index (κ3) is 2.45. The van der Waals surface area contributed by atoms with Gasteiger partial charge in [-0.1, -0.05) is 32.1 Å². The fraction of sp³-hybridized carbons (Fsp3) is 1.00. The van der Waals surface area contributed by atoms with Crippen LogP contribution in [0.3, 0.4) is 0 Å². The zero-order valence-corrected chi connectivity index (χ0v) is 20.6. The predicted octanol–water partition coefficient (Wildman–Crippen LogP) is 3.60. The lowest BCUT2D eigenvalue weighted by Crippen LogP contribution is -2.76. The third-order valence-electron chi connectivity index (χ3n) is 13.4. The molecule has 0 spiro atoms. The number of nitrogens with zero attached hydrogens (tertiary/aromatic N) is 2. The number of rotatable bonds is 0. The van der Waals surface area contributed by atoms with Gasteiger partial charge < -0.3 is 15.4 Å². The van der Waals surface area contributed by atoms with Gasteiger partial charge in [-0.25, -0.2) is 0 Å². The summed E-state index contributed by atoms with van der Waals surface area (Å²) in [5.41, 5.74) is 0. The van der Waals surface area contributed by atoms with Gasteiger partial charge in [0.1, 0.15) is 0 Å². The molecular weight excluding hydrogens is 403 g/mol. The fourth-order valence-corrected chi connectivity index (χ4v) is 12.9.